The molecule has 0 saturated carbocycles. The quantitative estimate of drug-likeness (QED) is 0.135. The molecule has 7 rings (SSSR count). The highest BCUT2D eigenvalue weighted by Crippen LogP contribution is 2.44. The number of rotatable bonds is 12. The number of aromatic nitrogens is 2. The number of anilines is 2. The van der Waals surface area contributed by atoms with Crippen LogP contribution < -0.4 is 15.1 Å². The van der Waals surface area contributed by atoms with Crippen molar-refractivity contribution in [3.05, 3.63) is 125 Å². The van der Waals surface area contributed by atoms with E-state index in [9.17, 15) is 4.79 Å². The zero-order chi connectivity index (χ0) is 37.1. The number of imidazole rings is 1. The standard InChI is InChI=1S/C44H52F2N6O/c1-5-22-51(43(53)41(47-4)30(2)3)29-40-48-37-19-18-31(26-38(37)49-40)39-17-12-23-52(39)34-27-35(45)42(36(46)28-34)50-24-20-44(21-25-50,32-13-8-6-9-14-32)33-15-10-7-11-16-33/h6-11,13-16,18-19,26-28,30,39,41,47H,5,12,17,20-25,29H2,1-4H3,(H,48,49)/t39-,41?/m1/s1. The Hall–Kier alpha value is -4.76. The van der Waals surface area contributed by atoms with Crippen LogP contribution in [-0.4, -0.2) is 60.0 Å². The predicted molar refractivity (Wildman–Crippen MR) is 210 cm³/mol. The fraction of sp³-hybridized carbons (Fsp3) is 0.409. The van der Waals surface area contributed by atoms with Crippen LogP contribution in [0.4, 0.5) is 20.2 Å². The molecule has 278 valence electrons. The lowest BCUT2D eigenvalue weighted by atomic mass is 9.68. The fourth-order valence-corrected chi connectivity index (χ4v) is 8.83. The van der Waals surface area contributed by atoms with Crippen LogP contribution in [0.2, 0.25) is 0 Å². The van der Waals surface area contributed by atoms with E-state index in [2.05, 4.69) is 82.8 Å². The minimum absolute atomic E-state index is 0.0304. The van der Waals surface area contributed by atoms with E-state index >= 15 is 8.78 Å². The topological polar surface area (TPSA) is 67.5 Å². The normalized spacial score (nSPS) is 17.8. The molecule has 1 aromatic heterocycles. The highest BCUT2D eigenvalue weighted by molar-refractivity contribution is 5.82. The molecule has 7 nitrogen and oxygen atoms in total. The molecule has 0 radical (unpaired) electrons. The molecule has 2 N–H and O–H groups in total. The van der Waals surface area contributed by atoms with E-state index in [0.717, 1.165) is 54.5 Å². The lowest BCUT2D eigenvalue weighted by Gasteiger charge is -2.44. The van der Waals surface area contributed by atoms with Crippen molar-refractivity contribution in [1.82, 2.24) is 20.2 Å². The summed E-state index contributed by atoms with van der Waals surface area (Å²) >= 11 is 0. The third-order valence-electron chi connectivity index (χ3n) is 11.5. The van der Waals surface area contributed by atoms with Crippen LogP contribution in [-0.2, 0) is 16.8 Å². The highest BCUT2D eigenvalue weighted by Gasteiger charge is 2.39. The van der Waals surface area contributed by atoms with Crippen molar-refractivity contribution in [3.8, 4) is 0 Å². The number of hydrogen-bond acceptors (Lipinski definition) is 5. The second kappa shape index (κ2) is 15.7. The Labute approximate surface area is 312 Å². The van der Waals surface area contributed by atoms with Gasteiger partial charge < -0.3 is 25.0 Å². The Kier molecular flexibility index (Phi) is 10.8. The molecule has 3 heterocycles. The Balaban J connectivity index is 1.09. The molecule has 2 atom stereocenters. The summed E-state index contributed by atoms with van der Waals surface area (Å²) < 4.78 is 32.2. The Morgan fingerprint density at radius 2 is 1.58 bits per heavy atom. The van der Waals surface area contributed by atoms with Gasteiger partial charge in [-0.2, -0.15) is 0 Å². The average Bonchev–Trinajstić information content (AvgIpc) is 3.83. The predicted octanol–water partition coefficient (Wildman–Crippen LogP) is 8.75. The van der Waals surface area contributed by atoms with Gasteiger partial charge in [0.2, 0.25) is 5.91 Å². The SMILES string of the molecule is CCCN(Cc1nc2cc([C@H]3CCCN3c3cc(F)c(N4CCC(c5ccccc5)(c5ccccc5)CC4)c(F)c3)ccc2[nH]1)C(=O)C(NC)C(C)C. The third-order valence-corrected chi connectivity index (χ3v) is 11.5. The maximum absolute atomic E-state index is 16.1. The molecule has 53 heavy (non-hydrogen) atoms. The van der Waals surface area contributed by atoms with Crippen LogP contribution in [0.25, 0.3) is 11.0 Å². The number of fused-ring (bicyclic) bond motifs is 1. The molecular weight excluding hydrogens is 667 g/mol. The highest BCUT2D eigenvalue weighted by atomic mass is 19.1. The molecule has 0 aliphatic carbocycles. The maximum atomic E-state index is 16.1. The van der Waals surface area contributed by atoms with E-state index in [1.54, 1.807) is 0 Å². The lowest BCUT2D eigenvalue weighted by Crippen LogP contribution is -2.48. The largest absolute Gasteiger partial charge is 0.367 e. The molecule has 1 amide bonds. The first kappa shape index (κ1) is 36.6. The number of carbonyl (C=O) groups is 1. The Bertz CT molecular complexity index is 1940. The monoisotopic (exact) mass is 718 g/mol. The number of piperidine rings is 1. The van der Waals surface area contributed by atoms with Crippen molar-refractivity contribution in [3.63, 3.8) is 0 Å². The smallest absolute Gasteiger partial charge is 0.240 e. The molecule has 2 saturated heterocycles. The van der Waals surface area contributed by atoms with Crippen LogP contribution in [0.3, 0.4) is 0 Å². The van der Waals surface area contributed by atoms with E-state index in [4.69, 9.17) is 4.98 Å². The molecule has 0 spiro atoms. The molecule has 2 fully saturated rings. The van der Waals surface area contributed by atoms with E-state index in [0.29, 0.717) is 38.4 Å². The van der Waals surface area contributed by atoms with Crippen molar-refractivity contribution >= 4 is 28.3 Å². The number of halogens is 2. The number of hydrogen-bond donors (Lipinski definition) is 2. The molecule has 4 aromatic carbocycles. The maximum Gasteiger partial charge on any atom is 0.240 e. The molecule has 1 unspecified atom stereocenters. The van der Waals surface area contributed by atoms with Gasteiger partial charge >= 0.3 is 0 Å². The Morgan fingerprint density at radius 1 is 0.943 bits per heavy atom. The molecule has 0 bridgehead atoms. The average molecular weight is 719 g/mol. The molecule has 2 aliphatic heterocycles. The van der Waals surface area contributed by atoms with E-state index in [1.807, 2.05) is 48.9 Å². The van der Waals surface area contributed by atoms with Crippen LogP contribution in [0.15, 0.2) is 91.0 Å². The van der Waals surface area contributed by atoms with E-state index in [-0.39, 0.29) is 35.0 Å². The zero-order valence-electron chi connectivity index (χ0n) is 31.4. The molecule has 9 heteroatoms. The van der Waals surface area contributed by atoms with Crippen LogP contribution in [0.5, 0.6) is 0 Å². The summed E-state index contributed by atoms with van der Waals surface area (Å²) in [6.07, 6.45) is 4.17. The summed E-state index contributed by atoms with van der Waals surface area (Å²) in [5.74, 6) is -0.0563. The molecule has 2 aliphatic rings. The number of amides is 1. The first-order valence-electron chi connectivity index (χ1n) is 19.3. The van der Waals surface area contributed by atoms with Gasteiger partial charge in [-0.15, -0.1) is 0 Å². The fourth-order valence-electron chi connectivity index (χ4n) is 8.83. The number of benzene rings is 4. The van der Waals surface area contributed by atoms with Gasteiger partial charge in [0.1, 0.15) is 11.5 Å². The van der Waals surface area contributed by atoms with Crippen molar-refractivity contribution in [1.29, 1.82) is 0 Å². The van der Waals surface area contributed by atoms with Gasteiger partial charge in [0, 0.05) is 37.3 Å². The van der Waals surface area contributed by atoms with Crippen molar-refractivity contribution in [2.24, 2.45) is 5.92 Å². The van der Waals surface area contributed by atoms with Gasteiger partial charge in [0.05, 0.1) is 29.7 Å². The first-order chi connectivity index (χ1) is 25.7. The van der Waals surface area contributed by atoms with Gasteiger partial charge in [-0.25, -0.2) is 13.8 Å². The van der Waals surface area contributed by atoms with Crippen molar-refractivity contribution < 1.29 is 13.6 Å². The van der Waals surface area contributed by atoms with Crippen LogP contribution >= 0.6 is 0 Å². The summed E-state index contributed by atoms with van der Waals surface area (Å²) in [4.78, 5) is 27.6. The van der Waals surface area contributed by atoms with Crippen LogP contribution in [0.1, 0.15) is 81.4 Å². The summed E-state index contributed by atoms with van der Waals surface area (Å²) in [5.41, 5.74) is 5.68. The number of carbonyl (C=O) groups excluding carboxylic acids is 1. The number of likely N-dealkylation sites (N-methyl/N-ethyl adjacent to an activating group) is 1. The van der Waals surface area contributed by atoms with Crippen molar-refractivity contribution in [2.75, 3.05) is 43.0 Å². The number of H-pyrrole nitrogens is 1. The third kappa shape index (κ3) is 7.28. The summed E-state index contributed by atoms with van der Waals surface area (Å²) in [7, 11) is 1.83. The minimum Gasteiger partial charge on any atom is -0.367 e. The second-order valence-corrected chi connectivity index (χ2v) is 15.1. The summed E-state index contributed by atoms with van der Waals surface area (Å²) in [6, 6.07) is 30.0. The number of nitrogens with zero attached hydrogens (tertiary/aromatic N) is 4. The van der Waals surface area contributed by atoms with Gasteiger partial charge in [-0.1, -0.05) is 87.5 Å². The van der Waals surface area contributed by atoms with Gasteiger partial charge in [-0.3, -0.25) is 4.79 Å². The van der Waals surface area contributed by atoms with Gasteiger partial charge in [-0.05, 0) is 86.0 Å². The van der Waals surface area contributed by atoms with E-state index < -0.39 is 11.6 Å². The van der Waals surface area contributed by atoms with Gasteiger partial charge in [0.15, 0.2) is 11.6 Å². The zero-order valence-corrected chi connectivity index (χ0v) is 31.4. The minimum atomic E-state index is -0.519. The second-order valence-electron chi connectivity index (χ2n) is 15.1. The van der Waals surface area contributed by atoms with Crippen LogP contribution in [0, 0.1) is 17.6 Å². The Morgan fingerprint density at radius 3 is 2.17 bits per heavy atom. The van der Waals surface area contributed by atoms with E-state index in [1.165, 1.54) is 23.3 Å². The number of nitrogens with one attached hydrogen (secondary N) is 2. The summed E-state index contributed by atoms with van der Waals surface area (Å²) in [5, 5.41) is 3.17. The molecular formula is C44H52F2N6O. The summed E-state index contributed by atoms with van der Waals surface area (Å²) in [6.45, 7) is 9.03. The number of aromatic amines is 1. The first-order valence-corrected chi connectivity index (χ1v) is 19.3. The lowest BCUT2D eigenvalue weighted by molar-refractivity contribution is -0.135. The molecule has 5 aromatic rings. The van der Waals surface area contributed by atoms with Gasteiger partial charge in [0.25, 0.3) is 0 Å². The van der Waals surface area contributed by atoms with Crippen molar-refractivity contribution in [2.45, 2.75) is 76.9 Å².